The Morgan fingerprint density at radius 1 is 0.814 bits per heavy atom. The molecule has 362 valence electrons. The van der Waals surface area contributed by atoms with Crippen LogP contribution in [-0.2, 0) is 14.4 Å². The van der Waals surface area contributed by atoms with Crippen LogP contribution in [0.25, 0.3) is 10.9 Å². The van der Waals surface area contributed by atoms with Crippen molar-refractivity contribution in [1.29, 1.82) is 0 Å². The number of methoxy groups -OCH3 is 1. The number of allylic oxidation sites excluding steroid dienone is 1. The summed E-state index contributed by atoms with van der Waals surface area (Å²) >= 11 is 0. The topological polar surface area (TPSA) is 191 Å². The highest BCUT2D eigenvalue weighted by molar-refractivity contribution is 6.22. The zero-order valence-corrected chi connectivity index (χ0v) is 39.0. The van der Waals surface area contributed by atoms with Crippen molar-refractivity contribution in [1.82, 2.24) is 30.0 Å². The third-order valence-electron chi connectivity index (χ3n) is 14.1. The highest BCUT2D eigenvalue weighted by atomic mass is 19.1. The summed E-state index contributed by atoms with van der Waals surface area (Å²) in [6.07, 6.45) is 7.12. The van der Waals surface area contributed by atoms with Gasteiger partial charge >= 0.3 is 0 Å². The lowest BCUT2D eigenvalue weighted by Gasteiger charge is -2.39. The van der Waals surface area contributed by atoms with Gasteiger partial charge in [-0.15, -0.1) is 0 Å². The number of carbonyl (C=O) groups excluding carboxylic acids is 5. The summed E-state index contributed by atoms with van der Waals surface area (Å²) in [4.78, 5) is 82.6. The molecule has 0 radical (unpaired) electrons. The van der Waals surface area contributed by atoms with Gasteiger partial charge in [-0.05, 0) is 117 Å². The van der Waals surface area contributed by atoms with Gasteiger partial charge in [0.1, 0.15) is 40.2 Å². The molecule has 4 N–H and O–H groups in total. The molecule has 0 bridgehead atoms. The van der Waals surface area contributed by atoms with Crippen LogP contribution < -0.4 is 35.6 Å². The summed E-state index contributed by atoms with van der Waals surface area (Å²) < 4.78 is 25.6. The number of piperidine rings is 2. The molecule has 10 rings (SSSR count). The molecule has 1 atom stereocenters. The zero-order chi connectivity index (χ0) is 48.5. The van der Waals surface area contributed by atoms with Crippen molar-refractivity contribution in [2.24, 2.45) is 11.3 Å². The van der Waals surface area contributed by atoms with Crippen molar-refractivity contribution in [2.75, 3.05) is 86.9 Å². The van der Waals surface area contributed by atoms with E-state index in [9.17, 15) is 28.4 Å². The fraction of sp³-hybridized carbons (Fsp3) is 0.365. The van der Waals surface area contributed by atoms with E-state index in [-0.39, 0.29) is 11.3 Å². The minimum Gasteiger partial charge on any atom is -0.495 e. The quantitative estimate of drug-likeness (QED) is 0.0680. The number of nitrogens with zero attached hydrogens (tertiary/aromatic N) is 6. The van der Waals surface area contributed by atoms with Crippen molar-refractivity contribution in [3.8, 4) is 17.2 Å². The van der Waals surface area contributed by atoms with E-state index in [1.54, 1.807) is 49.8 Å². The molecule has 1 saturated carbocycles. The third-order valence-corrected chi connectivity index (χ3v) is 14.1. The van der Waals surface area contributed by atoms with Gasteiger partial charge < -0.3 is 40.5 Å². The molecule has 1 unspecified atom stereocenters. The van der Waals surface area contributed by atoms with E-state index < -0.39 is 46.8 Å². The fourth-order valence-corrected chi connectivity index (χ4v) is 9.88. The first-order valence-corrected chi connectivity index (χ1v) is 23.9. The third kappa shape index (κ3) is 9.60. The molecule has 6 heterocycles. The van der Waals surface area contributed by atoms with Crippen molar-refractivity contribution < 1.29 is 37.8 Å². The number of halogens is 1. The number of benzene rings is 3. The van der Waals surface area contributed by atoms with Crippen LogP contribution in [0.3, 0.4) is 0 Å². The SMILES string of the molecule is C=C1CCC(N2C(=O)c3cc(NCCN4CCN(CC5CCN(c6cc7nccc(Oc8ccc(NC(=O)C9(C(=O)Nc%10ccc(F)cc%10)CC9)cc8)c7cc6OC)CC5)CC4)cnc3C2=O)C(=O)N1. The van der Waals surface area contributed by atoms with E-state index in [0.717, 1.165) is 92.4 Å². The minimum atomic E-state index is -1.17. The average molecular weight is 951 g/mol. The molecule has 17 nitrogen and oxygen atoms in total. The molecule has 5 amide bonds. The van der Waals surface area contributed by atoms with Crippen LogP contribution in [0.1, 0.15) is 59.4 Å². The molecule has 5 aliphatic rings. The fourth-order valence-electron chi connectivity index (χ4n) is 9.88. The molecule has 0 spiro atoms. The number of nitrogens with one attached hydrogen (secondary N) is 4. The van der Waals surface area contributed by atoms with Gasteiger partial charge in [0.25, 0.3) is 11.8 Å². The first kappa shape index (κ1) is 46.3. The minimum absolute atomic E-state index is 0.0777. The molecule has 2 aromatic heterocycles. The monoisotopic (exact) mass is 950 g/mol. The highest BCUT2D eigenvalue weighted by Crippen LogP contribution is 2.48. The number of amides is 5. The molecule has 4 aliphatic heterocycles. The second-order valence-corrected chi connectivity index (χ2v) is 18.7. The lowest BCUT2D eigenvalue weighted by molar-refractivity contribution is -0.131. The van der Waals surface area contributed by atoms with Gasteiger partial charge in [0, 0.05) is 87.6 Å². The van der Waals surface area contributed by atoms with Crippen LogP contribution in [-0.4, -0.2) is 126 Å². The molecule has 5 aromatic rings. The number of anilines is 4. The number of fused-ring (bicyclic) bond motifs is 2. The van der Waals surface area contributed by atoms with E-state index in [2.05, 4.69) is 53.6 Å². The van der Waals surface area contributed by atoms with Gasteiger partial charge in [-0.1, -0.05) is 6.58 Å². The maximum Gasteiger partial charge on any atom is 0.280 e. The summed E-state index contributed by atoms with van der Waals surface area (Å²) in [5.41, 5.74) is 3.10. The van der Waals surface area contributed by atoms with Gasteiger partial charge in [-0.3, -0.25) is 38.8 Å². The molecule has 18 heteroatoms. The van der Waals surface area contributed by atoms with Crippen molar-refractivity contribution in [2.45, 2.75) is 44.6 Å². The number of pyridine rings is 2. The number of aromatic nitrogens is 2. The van der Waals surface area contributed by atoms with Crippen LogP contribution >= 0.6 is 0 Å². The largest absolute Gasteiger partial charge is 0.495 e. The van der Waals surface area contributed by atoms with Crippen molar-refractivity contribution >= 4 is 63.2 Å². The van der Waals surface area contributed by atoms with Gasteiger partial charge in [-0.2, -0.15) is 0 Å². The summed E-state index contributed by atoms with van der Waals surface area (Å²) in [5, 5.41) is 12.4. The summed E-state index contributed by atoms with van der Waals surface area (Å²) in [6, 6.07) is 19.1. The van der Waals surface area contributed by atoms with Crippen LogP contribution in [0.15, 0.2) is 97.5 Å². The Morgan fingerprint density at radius 3 is 2.17 bits per heavy atom. The van der Waals surface area contributed by atoms with E-state index >= 15 is 0 Å². The van der Waals surface area contributed by atoms with E-state index in [4.69, 9.17) is 14.5 Å². The second kappa shape index (κ2) is 19.5. The maximum atomic E-state index is 13.3. The number of ether oxygens (including phenoxy) is 2. The van der Waals surface area contributed by atoms with E-state index in [1.165, 1.54) is 24.3 Å². The molecule has 4 fully saturated rings. The maximum absolute atomic E-state index is 13.3. The molecule has 3 saturated heterocycles. The van der Waals surface area contributed by atoms with Crippen molar-refractivity contribution in [3.05, 3.63) is 115 Å². The predicted octanol–water partition coefficient (Wildman–Crippen LogP) is 6.26. The number of hydrogen-bond donors (Lipinski definition) is 4. The predicted molar refractivity (Wildman–Crippen MR) is 261 cm³/mol. The Balaban J connectivity index is 0.672. The summed E-state index contributed by atoms with van der Waals surface area (Å²) in [6.45, 7) is 12.0. The van der Waals surface area contributed by atoms with Crippen LogP contribution in [0, 0.1) is 17.2 Å². The van der Waals surface area contributed by atoms with E-state index in [1.807, 2.05) is 12.1 Å². The number of imide groups is 1. The Morgan fingerprint density at radius 2 is 1.50 bits per heavy atom. The number of carbonyl (C=O) groups is 5. The Bertz CT molecular complexity index is 2860. The number of piperazine rings is 1. The Kier molecular flexibility index (Phi) is 12.9. The lowest BCUT2D eigenvalue weighted by atomic mass is 9.95. The number of rotatable bonds is 15. The molecule has 3 aromatic carbocycles. The number of hydrogen-bond acceptors (Lipinski definition) is 13. The van der Waals surface area contributed by atoms with Gasteiger partial charge in [0.05, 0.1) is 35.8 Å². The summed E-state index contributed by atoms with van der Waals surface area (Å²) in [7, 11) is 1.68. The van der Waals surface area contributed by atoms with Gasteiger partial charge in [-0.25, -0.2) is 9.37 Å². The standard InChI is InChI=1S/C52H55FN10O7/c1-32-3-12-42(47(64)57-32)63-48(65)40-27-37(30-56-46(40)49(63)66)54-19-22-60-23-25-61(26-24-60)31-33-14-20-62(21-15-33)43-29-41-39(28-45(43)69-2)44(13-18-55-41)70-38-10-8-36(9-11-38)59-51(68)52(16-17-52)50(67)58-35-6-4-34(53)5-7-35/h4-11,13,18,27-30,33,42,54H,1,3,12,14-17,19-26,31H2,2H3,(H,57,64)(H,58,67)(H,59,68). The van der Waals surface area contributed by atoms with Gasteiger partial charge in [0.15, 0.2) is 0 Å². The highest BCUT2D eigenvalue weighted by Gasteiger charge is 2.56. The van der Waals surface area contributed by atoms with Crippen LogP contribution in [0.5, 0.6) is 17.2 Å². The second-order valence-electron chi connectivity index (χ2n) is 18.7. The molecule has 70 heavy (non-hydrogen) atoms. The summed E-state index contributed by atoms with van der Waals surface area (Å²) in [5.74, 6) is -0.167. The van der Waals surface area contributed by atoms with E-state index in [0.29, 0.717) is 72.4 Å². The molecule has 1 aliphatic carbocycles. The first-order chi connectivity index (χ1) is 33.9. The average Bonchev–Trinajstić information content (AvgIpc) is 4.15. The van der Waals surface area contributed by atoms with Crippen LogP contribution in [0.2, 0.25) is 0 Å². The zero-order valence-electron chi connectivity index (χ0n) is 39.0. The van der Waals surface area contributed by atoms with Crippen LogP contribution in [0.4, 0.5) is 27.1 Å². The molecular formula is C52H55FN10O7. The smallest absolute Gasteiger partial charge is 0.280 e. The normalized spacial score (nSPS) is 19.4. The van der Waals surface area contributed by atoms with Gasteiger partial charge in [0.2, 0.25) is 17.7 Å². The lowest BCUT2D eigenvalue weighted by Crippen LogP contribution is -2.51. The Labute approximate surface area is 404 Å². The molecular weight excluding hydrogens is 896 g/mol. The Hall–Kier alpha value is -7.44. The van der Waals surface area contributed by atoms with Crippen molar-refractivity contribution in [3.63, 3.8) is 0 Å². The first-order valence-electron chi connectivity index (χ1n) is 23.9.